The topological polar surface area (TPSA) is 69.6 Å². The van der Waals surface area contributed by atoms with E-state index >= 15 is 0 Å². The zero-order valence-electron chi connectivity index (χ0n) is 19.2. The van der Waals surface area contributed by atoms with Gasteiger partial charge in [-0.05, 0) is 46.9 Å². The number of carbonyl (C=O) groups is 2. The lowest BCUT2D eigenvalue weighted by Gasteiger charge is -2.45. The van der Waals surface area contributed by atoms with Gasteiger partial charge in [-0.3, -0.25) is 9.59 Å². The van der Waals surface area contributed by atoms with E-state index in [1.807, 2.05) is 36.9 Å². The normalized spacial score (nSPS) is 20.0. The Hall–Kier alpha value is -2.37. The van der Waals surface area contributed by atoms with Crippen molar-refractivity contribution in [1.29, 1.82) is 0 Å². The number of benzene rings is 2. The number of hydrogen-bond acceptors (Lipinski definition) is 3. The number of carbonyl (C=O) groups excluding carboxylic acids is 2. The molecule has 2 amide bonds. The summed E-state index contributed by atoms with van der Waals surface area (Å²) < 4.78 is 0. The van der Waals surface area contributed by atoms with Crippen LogP contribution in [-0.4, -0.2) is 41.0 Å². The van der Waals surface area contributed by atoms with Crippen molar-refractivity contribution in [3.63, 3.8) is 0 Å². The van der Waals surface area contributed by atoms with Crippen molar-refractivity contribution in [3.05, 3.63) is 70.7 Å². The molecule has 5 nitrogen and oxygen atoms in total. The lowest BCUT2D eigenvalue weighted by molar-refractivity contribution is -0.142. The molecular formula is C26H33ClN2O3. The Morgan fingerprint density at radius 3 is 2.28 bits per heavy atom. The minimum absolute atomic E-state index is 0.101. The maximum atomic E-state index is 13.4. The average molecular weight is 457 g/mol. The molecule has 1 saturated heterocycles. The number of aliphatic hydroxyl groups is 1. The van der Waals surface area contributed by atoms with Crippen LogP contribution in [-0.2, 0) is 9.59 Å². The molecule has 0 radical (unpaired) electrons. The van der Waals surface area contributed by atoms with Crippen molar-refractivity contribution >= 4 is 23.4 Å². The maximum absolute atomic E-state index is 13.4. The number of likely N-dealkylation sites (tertiary alicyclic amines) is 1. The lowest BCUT2D eigenvalue weighted by Crippen LogP contribution is -2.56. The molecular weight excluding hydrogens is 424 g/mol. The molecule has 2 N–H and O–H groups in total. The van der Waals surface area contributed by atoms with Gasteiger partial charge in [-0.15, -0.1) is 0 Å². The molecule has 1 heterocycles. The molecule has 0 aliphatic carbocycles. The predicted octanol–water partition coefficient (Wildman–Crippen LogP) is 4.56. The fourth-order valence-corrected chi connectivity index (χ4v) is 4.71. The summed E-state index contributed by atoms with van der Waals surface area (Å²) in [4.78, 5) is 28.0. The summed E-state index contributed by atoms with van der Waals surface area (Å²) in [6, 6.07) is 16.0. The maximum Gasteiger partial charge on any atom is 0.254 e. The van der Waals surface area contributed by atoms with Crippen LogP contribution >= 0.6 is 11.6 Å². The molecule has 6 heteroatoms. The van der Waals surface area contributed by atoms with Crippen LogP contribution in [0.5, 0.6) is 0 Å². The van der Waals surface area contributed by atoms with Gasteiger partial charge in [0.15, 0.2) is 6.10 Å². The van der Waals surface area contributed by atoms with Crippen molar-refractivity contribution in [2.24, 2.45) is 11.3 Å². The second-order valence-electron chi connectivity index (χ2n) is 9.68. The van der Waals surface area contributed by atoms with E-state index in [-0.39, 0.29) is 17.2 Å². The highest BCUT2D eigenvalue weighted by Crippen LogP contribution is 2.42. The summed E-state index contributed by atoms with van der Waals surface area (Å²) in [7, 11) is 0. The van der Waals surface area contributed by atoms with Crippen LogP contribution in [0.15, 0.2) is 54.6 Å². The Morgan fingerprint density at radius 2 is 1.72 bits per heavy atom. The van der Waals surface area contributed by atoms with Gasteiger partial charge in [-0.25, -0.2) is 0 Å². The van der Waals surface area contributed by atoms with Crippen LogP contribution < -0.4 is 5.32 Å². The first kappa shape index (κ1) is 24.3. The molecule has 0 spiro atoms. The Kier molecular flexibility index (Phi) is 7.63. The minimum atomic E-state index is -1.31. The second kappa shape index (κ2) is 10.1. The Labute approximate surface area is 195 Å². The number of rotatable bonds is 6. The highest BCUT2D eigenvalue weighted by molar-refractivity contribution is 6.30. The van der Waals surface area contributed by atoms with Gasteiger partial charge < -0.3 is 15.3 Å². The molecule has 1 aliphatic rings. The van der Waals surface area contributed by atoms with Crippen molar-refractivity contribution < 1.29 is 14.7 Å². The van der Waals surface area contributed by atoms with E-state index in [9.17, 15) is 14.7 Å². The highest BCUT2D eigenvalue weighted by Gasteiger charge is 2.40. The summed E-state index contributed by atoms with van der Waals surface area (Å²) in [5.74, 6) is -0.447. The highest BCUT2D eigenvalue weighted by atomic mass is 35.5. The van der Waals surface area contributed by atoms with Crippen LogP contribution in [0.2, 0.25) is 5.02 Å². The van der Waals surface area contributed by atoms with Crippen LogP contribution in [0.1, 0.15) is 57.3 Å². The number of nitrogens with one attached hydrogen (secondary N) is 1. The Bertz CT molecular complexity index is 928. The summed E-state index contributed by atoms with van der Waals surface area (Å²) in [5.41, 5.74) is 1.60. The van der Waals surface area contributed by atoms with Crippen molar-refractivity contribution in [2.75, 3.05) is 13.1 Å². The third-order valence-electron chi connectivity index (χ3n) is 6.41. The third kappa shape index (κ3) is 5.51. The second-order valence-corrected chi connectivity index (χ2v) is 10.1. The molecule has 0 saturated carbocycles. The largest absolute Gasteiger partial charge is 0.378 e. The summed E-state index contributed by atoms with van der Waals surface area (Å²) in [6.07, 6.45) is -0.469. The van der Waals surface area contributed by atoms with E-state index in [0.29, 0.717) is 29.6 Å². The molecule has 3 atom stereocenters. The molecule has 1 aliphatic heterocycles. The molecule has 2 aromatic rings. The first-order valence-corrected chi connectivity index (χ1v) is 11.6. The van der Waals surface area contributed by atoms with Crippen LogP contribution in [0.4, 0.5) is 0 Å². The molecule has 1 fully saturated rings. The molecule has 32 heavy (non-hydrogen) atoms. The van der Waals surface area contributed by atoms with Gasteiger partial charge in [0.05, 0.1) is 0 Å². The molecule has 0 aromatic heterocycles. The summed E-state index contributed by atoms with van der Waals surface area (Å²) >= 11 is 6.05. The fraction of sp³-hybridized carbons (Fsp3) is 0.462. The standard InChI is InChI=1S/C26H33ClN2O3/c1-17(2)22(28-24(31)23(30)19-8-6-5-7-9-19)25(32)29-15-14-21(26(3,4)16-29)18-10-12-20(27)13-11-18/h5-13,17,21-23,30H,14-16H2,1-4H3,(H,28,31)/t21-,22-,23?/m1/s1. The van der Waals surface area contributed by atoms with Gasteiger partial charge in [0, 0.05) is 18.1 Å². The summed E-state index contributed by atoms with van der Waals surface area (Å²) in [5, 5.41) is 13.9. The van der Waals surface area contributed by atoms with Crippen LogP contribution in [0.3, 0.4) is 0 Å². The first-order chi connectivity index (χ1) is 15.1. The quantitative estimate of drug-likeness (QED) is 0.669. The van der Waals surface area contributed by atoms with Crippen molar-refractivity contribution in [3.8, 4) is 0 Å². The zero-order valence-corrected chi connectivity index (χ0v) is 20.0. The smallest absolute Gasteiger partial charge is 0.254 e. The van der Waals surface area contributed by atoms with Crippen LogP contribution in [0.25, 0.3) is 0 Å². The number of aliphatic hydroxyl groups excluding tert-OH is 1. The Morgan fingerprint density at radius 1 is 1.09 bits per heavy atom. The van der Waals surface area contributed by atoms with E-state index < -0.39 is 18.1 Å². The van der Waals surface area contributed by atoms with Gasteiger partial charge in [-0.2, -0.15) is 0 Å². The number of nitrogens with zero attached hydrogens (tertiary/aromatic N) is 1. The number of amides is 2. The number of hydrogen-bond donors (Lipinski definition) is 2. The monoisotopic (exact) mass is 456 g/mol. The fourth-order valence-electron chi connectivity index (χ4n) is 4.59. The Balaban J connectivity index is 1.70. The summed E-state index contributed by atoms with van der Waals surface area (Å²) in [6.45, 7) is 9.38. The van der Waals surface area contributed by atoms with E-state index in [0.717, 1.165) is 6.42 Å². The predicted molar refractivity (Wildman–Crippen MR) is 127 cm³/mol. The molecule has 172 valence electrons. The molecule has 0 bridgehead atoms. The van der Waals surface area contributed by atoms with Gasteiger partial charge in [-0.1, -0.05) is 81.8 Å². The molecule has 1 unspecified atom stereocenters. The SMILES string of the molecule is CC(C)[C@@H](NC(=O)C(O)c1ccccc1)C(=O)N1CC[C@H](c2ccc(Cl)cc2)C(C)(C)C1. The molecule has 3 rings (SSSR count). The van der Waals surface area contributed by atoms with E-state index in [1.165, 1.54) is 5.56 Å². The van der Waals surface area contributed by atoms with Gasteiger partial charge >= 0.3 is 0 Å². The van der Waals surface area contributed by atoms with Gasteiger partial charge in [0.1, 0.15) is 6.04 Å². The van der Waals surface area contributed by atoms with Gasteiger partial charge in [0.25, 0.3) is 5.91 Å². The minimum Gasteiger partial charge on any atom is -0.378 e. The lowest BCUT2D eigenvalue weighted by atomic mass is 9.70. The molecule has 2 aromatic carbocycles. The van der Waals surface area contributed by atoms with Crippen molar-refractivity contribution in [1.82, 2.24) is 10.2 Å². The van der Waals surface area contributed by atoms with E-state index in [4.69, 9.17) is 11.6 Å². The zero-order chi connectivity index (χ0) is 23.5. The van der Waals surface area contributed by atoms with Gasteiger partial charge in [0.2, 0.25) is 5.91 Å². The average Bonchev–Trinajstić information content (AvgIpc) is 2.77. The number of piperidine rings is 1. The first-order valence-electron chi connectivity index (χ1n) is 11.2. The third-order valence-corrected chi connectivity index (χ3v) is 6.66. The van der Waals surface area contributed by atoms with Crippen LogP contribution in [0, 0.1) is 11.3 Å². The van der Waals surface area contributed by atoms with E-state index in [2.05, 4.69) is 31.3 Å². The van der Waals surface area contributed by atoms with Crippen molar-refractivity contribution in [2.45, 2.75) is 52.2 Å². The number of halogens is 1. The van der Waals surface area contributed by atoms with E-state index in [1.54, 1.807) is 24.3 Å².